The molecule has 1 fully saturated rings. The van der Waals surface area contributed by atoms with Crippen molar-refractivity contribution < 1.29 is 22.6 Å². The lowest BCUT2D eigenvalue weighted by molar-refractivity contribution is -0.0464. The minimum absolute atomic E-state index is 0.00633. The van der Waals surface area contributed by atoms with Crippen LogP contribution in [0.4, 0.5) is 13.2 Å². The number of allylic oxidation sites excluding steroid dienone is 1. The molecule has 0 amide bonds. The van der Waals surface area contributed by atoms with Crippen molar-refractivity contribution in [1.29, 1.82) is 0 Å². The maximum atomic E-state index is 14.8. The summed E-state index contributed by atoms with van der Waals surface area (Å²) in [6.45, 7) is 5.20. The Labute approximate surface area is 164 Å². The molecule has 28 heavy (non-hydrogen) atoms. The van der Waals surface area contributed by atoms with Crippen molar-refractivity contribution >= 4 is 6.08 Å². The van der Waals surface area contributed by atoms with Gasteiger partial charge in [-0.2, -0.15) is 0 Å². The summed E-state index contributed by atoms with van der Waals surface area (Å²) in [5, 5.41) is 0. The average Bonchev–Trinajstić information content (AvgIpc) is 2.70. The molecule has 1 saturated heterocycles. The Morgan fingerprint density at radius 2 is 1.86 bits per heavy atom. The molecule has 1 heterocycles. The fourth-order valence-corrected chi connectivity index (χ4v) is 3.57. The molecule has 5 heteroatoms. The molecule has 0 aliphatic carbocycles. The summed E-state index contributed by atoms with van der Waals surface area (Å²) in [4.78, 5) is 0. The summed E-state index contributed by atoms with van der Waals surface area (Å²) in [5.41, 5.74) is 0.925. The van der Waals surface area contributed by atoms with Crippen LogP contribution in [0.3, 0.4) is 0 Å². The molecule has 2 atom stereocenters. The maximum absolute atomic E-state index is 14.8. The van der Waals surface area contributed by atoms with Gasteiger partial charge in [0, 0.05) is 23.7 Å². The van der Waals surface area contributed by atoms with Crippen LogP contribution >= 0.6 is 0 Å². The summed E-state index contributed by atoms with van der Waals surface area (Å²) in [6.07, 6.45) is 4.95. The molecule has 2 nitrogen and oxygen atoms in total. The first-order chi connectivity index (χ1) is 13.5. The Morgan fingerprint density at radius 1 is 1.07 bits per heavy atom. The predicted molar refractivity (Wildman–Crippen MR) is 105 cm³/mol. The molecule has 0 saturated carbocycles. The van der Waals surface area contributed by atoms with E-state index in [1.165, 1.54) is 18.2 Å². The zero-order chi connectivity index (χ0) is 20.1. The number of hydrogen-bond acceptors (Lipinski definition) is 2. The summed E-state index contributed by atoms with van der Waals surface area (Å²) in [5.74, 6) is -2.75. The van der Waals surface area contributed by atoms with Crippen molar-refractivity contribution in [2.45, 2.75) is 38.7 Å². The molecule has 1 aliphatic rings. The Kier molecular flexibility index (Phi) is 6.92. The van der Waals surface area contributed by atoms with E-state index in [2.05, 4.69) is 0 Å². The van der Waals surface area contributed by atoms with Crippen LogP contribution in [-0.2, 0) is 9.47 Å². The van der Waals surface area contributed by atoms with Gasteiger partial charge >= 0.3 is 0 Å². The fourth-order valence-electron chi connectivity index (χ4n) is 3.57. The van der Waals surface area contributed by atoms with Crippen molar-refractivity contribution in [3.8, 4) is 11.1 Å². The third-order valence-corrected chi connectivity index (χ3v) is 5.07. The Hall–Kier alpha value is -2.11. The molecule has 0 aromatic heterocycles. The molecule has 2 unspecified atom stereocenters. The van der Waals surface area contributed by atoms with Crippen molar-refractivity contribution in [2.24, 2.45) is 0 Å². The van der Waals surface area contributed by atoms with Gasteiger partial charge < -0.3 is 9.47 Å². The van der Waals surface area contributed by atoms with Gasteiger partial charge in [0.2, 0.25) is 0 Å². The molecule has 2 aromatic rings. The lowest BCUT2D eigenvalue weighted by Crippen LogP contribution is -2.29. The van der Waals surface area contributed by atoms with E-state index in [4.69, 9.17) is 9.47 Å². The molecule has 0 N–H and O–H groups in total. The number of hydrogen-bond donors (Lipinski definition) is 0. The summed E-state index contributed by atoms with van der Waals surface area (Å²) >= 11 is 0. The second kappa shape index (κ2) is 9.39. The third kappa shape index (κ3) is 4.47. The first-order valence-corrected chi connectivity index (χ1v) is 9.65. The third-order valence-electron chi connectivity index (χ3n) is 5.07. The molecule has 0 spiro atoms. The normalized spacial score (nSPS) is 20.0. The van der Waals surface area contributed by atoms with Crippen LogP contribution in [0.15, 0.2) is 36.4 Å². The topological polar surface area (TPSA) is 18.5 Å². The van der Waals surface area contributed by atoms with E-state index in [1.54, 1.807) is 24.3 Å². The van der Waals surface area contributed by atoms with E-state index < -0.39 is 17.5 Å². The molecule has 150 valence electrons. The van der Waals surface area contributed by atoms with Gasteiger partial charge in [-0.3, -0.25) is 0 Å². The van der Waals surface area contributed by atoms with Crippen molar-refractivity contribution in [2.75, 3.05) is 19.8 Å². The zero-order valence-corrected chi connectivity index (χ0v) is 16.2. The van der Waals surface area contributed by atoms with E-state index in [0.29, 0.717) is 31.8 Å². The van der Waals surface area contributed by atoms with E-state index in [9.17, 15) is 13.2 Å². The number of rotatable bonds is 6. The predicted octanol–water partition coefficient (Wildman–Crippen LogP) is 6.10. The Bertz CT molecular complexity index is 840. The van der Waals surface area contributed by atoms with Crippen LogP contribution in [0.25, 0.3) is 17.2 Å². The first kappa shape index (κ1) is 20.6. The fraction of sp³-hybridized carbons (Fsp3) is 0.391. The van der Waals surface area contributed by atoms with Gasteiger partial charge in [-0.25, -0.2) is 13.2 Å². The SMILES string of the molecule is C/C=C/c1ccc(-c2ccc(C3CCC(COCC)OC3)c(F)c2F)c(F)c1. The standard InChI is InChI=1S/C23H25F3O2/c1-3-5-15-6-9-19(21(24)12-15)20-11-10-18(22(25)23(20)26)16-7-8-17(28-13-16)14-27-4-2/h3,5-6,9-12,16-17H,4,7-8,13-14H2,1-2H3/b5-3+. The van der Waals surface area contributed by atoms with Gasteiger partial charge in [-0.05, 0) is 43.9 Å². The van der Waals surface area contributed by atoms with Gasteiger partial charge in [0.05, 0.1) is 19.3 Å². The van der Waals surface area contributed by atoms with Crippen LogP contribution in [0.1, 0.15) is 43.7 Å². The molecule has 2 aromatic carbocycles. The zero-order valence-electron chi connectivity index (χ0n) is 16.2. The summed E-state index contributed by atoms with van der Waals surface area (Å²) in [6, 6.07) is 7.47. The highest BCUT2D eigenvalue weighted by Gasteiger charge is 2.27. The Balaban J connectivity index is 1.81. The van der Waals surface area contributed by atoms with Crippen LogP contribution in [0, 0.1) is 17.5 Å². The molecule has 3 rings (SSSR count). The molecule has 0 bridgehead atoms. The van der Waals surface area contributed by atoms with Gasteiger partial charge in [0.15, 0.2) is 11.6 Å². The first-order valence-electron chi connectivity index (χ1n) is 9.65. The number of halogens is 3. The molecular weight excluding hydrogens is 365 g/mol. The van der Waals surface area contributed by atoms with Crippen LogP contribution < -0.4 is 0 Å². The Morgan fingerprint density at radius 3 is 2.50 bits per heavy atom. The highest BCUT2D eigenvalue weighted by Crippen LogP contribution is 2.35. The van der Waals surface area contributed by atoms with Crippen molar-refractivity contribution in [3.05, 3.63) is 65.0 Å². The second-order valence-electron chi connectivity index (χ2n) is 6.96. The van der Waals surface area contributed by atoms with Crippen LogP contribution in [0.2, 0.25) is 0 Å². The summed E-state index contributed by atoms with van der Waals surface area (Å²) < 4.78 is 55.0. The summed E-state index contributed by atoms with van der Waals surface area (Å²) in [7, 11) is 0. The van der Waals surface area contributed by atoms with Crippen LogP contribution in [-0.4, -0.2) is 25.9 Å². The second-order valence-corrected chi connectivity index (χ2v) is 6.96. The van der Waals surface area contributed by atoms with Gasteiger partial charge in [-0.15, -0.1) is 0 Å². The van der Waals surface area contributed by atoms with Gasteiger partial charge in [-0.1, -0.05) is 36.4 Å². The highest BCUT2D eigenvalue weighted by molar-refractivity contribution is 5.67. The average molecular weight is 390 g/mol. The number of benzene rings is 2. The monoisotopic (exact) mass is 390 g/mol. The largest absolute Gasteiger partial charge is 0.379 e. The lowest BCUT2D eigenvalue weighted by atomic mass is 9.89. The maximum Gasteiger partial charge on any atom is 0.167 e. The van der Waals surface area contributed by atoms with E-state index >= 15 is 0 Å². The minimum Gasteiger partial charge on any atom is -0.379 e. The van der Waals surface area contributed by atoms with Crippen LogP contribution in [0.5, 0.6) is 0 Å². The highest BCUT2D eigenvalue weighted by atomic mass is 19.2. The number of ether oxygens (including phenoxy) is 2. The van der Waals surface area contributed by atoms with Crippen molar-refractivity contribution in [1.82, 2.24) is 0 Å². The molecular formula is C23H25F3O2. The van der Waals surface area contributed by atoms with E-state index in [0.717, 1.165) is 6.42 Å². The molecule has 1 aliphatic heterocycles. The quantitative estimate of drug-likeness (QED) is 0.593. The van der Waals surface area contributed by atoms with Gasteiger partial charge in [0.25, 0.3) is 0 Å². The minimum atomic E-state index is -1.02. The van der Waals surface area contributed by atoms with Crippen molar-refractivity contribution in [3.63, 3.8) is 0 Å². The smallest absolute Gasteiger partial charge is 0.167 e. The molecule has 0 radical (unpaired) electrons. The van der Waals surface area contributed by atoms with E-state index in [-0.39, 0.29) is 28.7 Å². The lowest BCUT2D eigenvalue weighted by Gasteiger charge is -2.29. The van der Waals surface area contributed by atoms with E-state index in [1.807, 2.05) is 13.8 Å². The van der Waals surface area contributed by atoms with Gasteiger partial charge in [0.1, 0.15) is 5.82 Å².